The van der Waals surface area contributed by atoms with Crippen LogP contribution in [0.1, 0.15) is 13.3 Å². The van der Waals surface area contributed by atoms with Gasteiger partial charge in [0.15, 0.2) is 12.6 Å². The summed E-state index contributed by atoms with van der Waals surface area (Å²) < 4.78 is 51.7. The van der Waals surface area contributed by atoms with Crippen LogP contribution in [0.2, 0.25) is 0 Å². The summed E-state index contributed by atoms with van der Waals surface area (Å²) >= 11 is 0. The number of fused-ring (bicyclic) bond motifs is 1. The molecule has 258 valence electrons. The Hall–Kier alpha value is -2.52. The number of ether oxygens (including phenoxy) is 4. The summed E-state index contributed by atoms with van der Waals surface area (Å²) in [5.74, 6) is -0.570. The second-order valence-electron chi connectivity index (χ2n) is 11.4. The van der Waals surface area contributed by atoms with Crippen molar-refractivity contribution in [3.8, 4) is 0 Å². The lowest BCUT2D eigenvalue weighted by Crippen LogP contribution is -2.68. The molecule has 10 atom stereocenters. The standard InChI is InChI=1S/C29H43N3O13S/c1-15(35)31-22-27(45-29-26(39)25(38)23(36)19(13-33)44-29)24(37)20(14-34)43-28(22)42-12-6-11-30-46(40,41)21-10-5-7-16-17(21)8-4-9-18(16)32(2)3/h4-5,7-10,19-20,22-30,33-34,36-39H,6,11-14H2,1-3H3,(H,31,35)/t19-,20-,22-,23+,24-,25+,26-,27-,28-,29+/m1/s1. The van der Waals surface area contributed by atoms with Gasteiger partial charge in [0.1, 0.15) is 48.8 Å². The van der Waals surface area contributed by atoms with E-state index in [-0.39, 0.29) is 24.5 Å². The Kier molecular flexibility index (Phi) is 12.3. The summed E-state index contributed by atoms with van der Waals surface area (Å²) in [6.45, 7) is -0.341. The number of anilines is 1. The molecule has 2 heterocycles. The molecule has 0 bridgehead atoms. The molecule has 4 rings (SSSR count). The molecule has 2 aliphatic rings. The van der Waals surface area contributed by atoms with Gasteiger partial charge in [-0.3, -0.25) is 4.79 Å². The van der Waals surface area contributed by atoms with Crippen molar-refractivity contribution in [3.63, 3.8) is 0 Å². The summed E-state index contributed by atoms with van der Waals surface area (Å²) in [5, 5.41) is 64.9. The first-order chi connectivity index (χ1) is 21.8. The topological polar surface area (TPSA) is 237 Å². The first kappa shape index (κ1) is 36.3. The number of nitrogens with one attached hydrogen (secondary N) is 2. The minimum Gasteiger partial charge on any atom is -0.394 e. The number of aliphatic hydroxyl groups excluding tert-OH is 6. The lowest BCUT2D eigenvalue weighted by Gasteiger charge is -2.47. The van der Waals surface area contributed by atoms with Gasteiger partial charge >= 0.3 is 0 Å². The van der Waals surface area contributed by atoms with Gasteiger partial charge in [0.25, 0.3) is 0 Å². The molecular formula is C29H43N3O13S. The number of aliphatic hydroxyl groups is 6. The lowest BCUT2D eigenvalue weighted by atomic mass is 9.95. The number of carbonyl (C=O) groups is 1. The van der Waals surface area contributed by atoms with Gasteiger partial charge < -0.3 is 59.8 Å². The third-order valence-electron chi connectivity index (χ3n) is 7.89. The van der Waals surface area contributed by atoms with Crippen LogP contribution in [-0.2, 0) is 33.8 Å². The average Bonchev–Trinajstić information content (AvgIpc) is 3.02. The highest BCUT2D eigenvalue weighted by atomic mass is 32.2. The third kappa shape index (κ3) is 7.95. The van der Waals surface area contributed by atoms with E-state index >= 15 is 0 Å². The molecule has 17 heteroatoms. The van der Waals surface area contributed by atoms with Gasteiger partial charge in [0, 0.05) is 44.0 Å². The quantitative estimate of drug-likeness (QED) is 0.102. The van der Waals surface area contributed by atoms with Crippen molar-refractivity contribution >= 4 is 32.4 Å². The van der Waals surface area contributed by atoms with Gasteiger partial charge in [-0.05, 0) is 18.6 Å². The predicted octanol–water partition coefficient (Wildman–Crippen LogP) is -2.64. The van der Waals surface area contributed by atoms with Gasteiger partial charge in [-0.25, -0.2) is 13.1 Å². The highest BCUT2D eigenvalue weighted by molar-refractivity contribution is 7.89. The van der Waals surface area contributed by atoms with E-state index in [1.807, 2.05) is 31.1 Å². The second kappa shape index (κ2) is 15.6. The second-order valence-corrected chi connectivity index (χ2v) is 13.1. The van der Waals surface area contributed by atoms with Crippen LogP contribution in [0.15, 0.2) is 41.3 Å². The zero-order chi connectivity index (χ0) is 33.8. The molecule has 2 aromatic rings. The third-order valence-corrected chi connectivity index (χ3v) is 9.41. The zero-order valence-electron chi connectivity index (χ0n) is 25.7. The maximum atomic E-state index is 13.2. The van der Waals surface area contributed by atoms with Crippen molar-refractivity contribution in [2.75, 3.05) is 45.4 Å². The molecule has 0 spiro atoms. The zero-order valence-corrected chi connectivity index (χ0v) is 26.5. The Balaban J connectivity index is 1.43. The Morgan fingerprint density at radius 1 is 0.891 bits per heavy atom. The van der Waals surface area contributed by atoms with E-state index < -0.39 is 90.5 Å². The number of rotatable bonds is 13. The summed E-state index contributed by atoms with van der Waals surface area (Å²) in [5.41, 5.74) is 0.865. The molecule has 2 saturated heterocycles. The van der Waals surface area contributed by atoms with E-state index in [9.17, 15) is 43.9 Å². The lowest BCUT2D eigenvalue weighted by molar-refractivity contribution is -0.344. The summed E-state index contributed by atoms with van der Waals surface area (Å²) in [6, 6.07) is 9.21. The molecule has 46 heavy (non-hydrogen) atoms. The van der Waals surface area contributed by atoms with E-state index in [2.05, 4.69) is 10.0 Å². The van der Waals surface area contributed by atoms with Gasteiger partial charge in [-0.1, -0.05) is 24.3 Å². The van der Waals surface area contributed by atoms with Crippen LogP contribution in [0, 0.1) is 0 Å². The maximum absolute atomic E-state index is 13.2. The van der Waals surface area contributed by atoms with E-state index in [0.717, 1.165) is 11.1 Å². The first-order valence-corrected chi connectivity index (χ1v) is 16.3. The summed E-state index contributed by atoms with van der Waals surface area (Å²) in [6.07, 6.45) is -13.6. The van der Waals surface area contributed by atoms with E-state index in [4.69, 9.17) is 18.9 Å². The molecule has 16 nitrogen and oxygen atoms in total. The molecule has 2 fully saturated rings. The van der Waals surface area contributed by atoms with Crippen LogP contribution in [0.4, 0.5) is 5.69 Å². The normalized spacial score (nSPS) is 31.9. The number of amides is 1. The van der Waals surface area contributed by atoms with Crippen LogP contribution in [0.3, 0.4) is 0 Å². The molecule has 2 aliphatic heterocycles. The van der Waals surface area contributed by atoms with E-state index in [0.29, 0.717) is 5.39 Å². The Morgan fingerprint density at radius 2 is 1.52 bits per heavy atom. The van der Waals surface area contributed by atoms with Crippen molar-refractivity contribution in [3.05, 3.63) is 36.4 Å². The van der Waals surface area contributed by atoms with Gasteiger partial charge in [0.05, 0.1) is 24.7 Å². The van der Waals surface area contributed by atoms with E-state index in [1.165, 1.54) is 13.0 Å². The van der Waals surface area contributed by atoms with Crippen LogP contribution >= 0.6 is 0 Å². The highest BCUT2D eigenvalue weighted by Crippen LogP contribution is 2.31. The molecular weight excluding hydrogens is 630 g/mol. The fourth-order valence-electron chi connectivity index (χ4n) is 5.54. The van der Waals surface area contributed by atoms with Crippen molar-refractivity contribution in [1.82, 2.24) is 10.0 Å². The fraction of sp³-hybridized carbons (Fsp3) is 0.621. The smallest absolute Gasteiger partial charge is 0.241 e. The maximum Gasteiger partial charge on any atom is 0.241 e. The minimum atomic E-state index is -3.92. The molecule has 1 amide bonds. The Bertz CT molecular complexity index is 1430. The molecule has 0 saturated carbocycles. The molecule has 8 N–H and O–H groups in total. The molecule has 0 aromatic heterocycles. The van der Waals surface area contributed by atoms with Gasteiger partial charge in [-0.15, -0.1) is 0 Å². The van der Waals surface area contributed by atoms with Gasteiger partial charge in [-0.2, -0.15) is 0 Å². The van der Waals surface area contributed by atoms with Crippen LogP contribution in [-0.4, -0.2) is 147 Å². The number of hydrogen-bond acceptors (Lipinski definition) is 14. The number of hydrogen-bond donors (Lipinski definition) is 8. The number of benzene rings is 2. The van der Waals surface area contributed by atoms with E-state index in [1.54, 1.807) is 18.2 Å². The number of sulfonamides is 1. The van der Waals surface area contributed by atoms with Crippen molar-refractivity contribution in [2.24, 2.45) is 0 Å². The highest BCUT2D eigenvalue weighted by Gasteiger charge is 2.51. The minimum absolute atomic E-state index is 0.0273. The monoisotopic (exact) mass is 673 g/mol. The number of nitrogens with zero attached hydrogens (tertiary/aromatic N) is 1. The predicted molar refractivity (Wildman–Crippen MR) is 162 cm³/mol. The fourth-order valence-corrected chi connectivity index (χ4v) is 6.83. The number of carbonyl (C=O) groups excluding carboxylic acids is 1. The van der Waals surface area contributed by atoms with Crippen molar-refractivity contribution in [2.45, 2.75) is 79.6 Å². The SMILES string of the molecule is CC(=O)N[C@H]1[C@H](OCCCNS(=O)(=O)c2cccc3c(N(C)C)cccc23)O[C@H](CO)[C@@H](O)[C@@H]1O[C@@H]1O[C@H](CO)[C@H](O)[C@H](O)[C@H]1O. The van der Waals surface area contributed by atoms with Crippen LogP contribution in [0.5, 0.6) is 0 Å². The van der Waals surface area contributed by atoms with Crippen LogP contribution < -0.4 is 14.9 Å². The molecule has 0 unspecified atom stereocenters. The largest absolute Gasteiger partial charge is 0.394 e. The summed E-state index contributed by atoms with van der Waals surface area (Å²) in [7, 11) is -0.181. The van der Waals surface area contributed by atoms with Crippen molar-refractivity contribution in [1.29, 1.82) is 0 Å². The van der Waals surface area contributed by atoms with Crippen LogP contribution in [0.25, 0.3) is 10.8 Å². The Morgan fingerprint density at radius 3 is 2.17 bits per heavy atom. The molecule has 0 aliphatic carbocycles. The Labute approximate surface area is 266 Å². The van der Waals surface area contributed by atoms with Gasteiger partial charge in [0.2, 0.25) is 15.9 Å². The first-order valence-electron chi connectivity index (χ1n) is 14.8. The van der Waals surface area contributed by atoms with Crippen molar-refractivity contribution < 1.29 is 62.8 Å². The summed E-state index contributed by atoms with van der Waals surface area (Å²) in [4.78, 5) is 14.1. The molecule has 2 aromatic carbocycles. The molecule has 0 radical (unpaired) electrons. The average molecular weight is 674 g/mol.